The Hall–Kier alpha value is -0.490. The van der Waals surface area contributed by atoms with Gasteiger partial charge in [-0.25, -0.2) is 4.39 Å². The van der Waals surface area contributed by atoms with Gasteiger partial charge in [0.05, 0.1) is 19.8 Å². The molecule has 0 fully saturated rings. The fourth-order valence-electron chi connectivity index (χ4n) is 1.80. The highest BCUT2D eigenvalue weighted by Crippen LogP contribution is 2.19. The van der Waals surface area contributed by atoms with Crippen LogP contribution in [0.15, 0.2) is 22.7 Å². The molecule has 0 aromatic heterocycles. The van der Waals surface area contributed by atoms with Crippen molar-refractivity contribution in [2.75, 3.05) is 33.5 Å². The Balaban J connectivity index is 2.51. The van der Waals surface area contributed by atoms with Crippen molar-refractivity contribution in [1.29, 1.82) is 0 Å². The molecule has 1 unspecified atom stereocenters. The van der Waals surface area contributed by atoms with Crippen LogP contribution < -0.4 is 5.32 Å². The molecule has 108 valence electrons. The van der Waals surface area contributed by atoms with Crippen LogP contribution in [0, 0.1) is 5.82 Å². The van der Waals surface area contributed by atoms with Gasteiger partial charge in [0.1, 0.15) is 5.82 Å². The van der Waals surface area contributed by atoms with Gasteiger partial charge in [0.15, 0.2) is 0 Å². The molecule has 1 N–H and O–H groups in total. The smallest absolute Gasteiger partial charge is 0.124 e. The molecule has 0 bridgehead atoms. The Bertz CT molecular complexity index is 376. The summed E-state index contributed by atoms with van der Waals surface area (Å²) in [5.74, 6) is -0.230. The molecule has 1 aromatic carbocycles. The van der Waals surface area contributed by atoms with Gasteiger partial charge in [0.25, 0.3) is 0 Å². The predicted molar refractivity (Wildman–Crippen MR) is 78.0 cm³/mol. The third kappa shape index (κ3) is 6.47. The van der Waals surface area contributed by atoms with Crippen LogP contribution in [0.3, 0.4) is 0 Å². The van der Waals surface area contributed by atoms with Crippen molar-refractivity contribution in [3.05, 3.63) is 34.1 Å². The van der Waals surface area contributed by atoms with E-state index in [0.29, 0.717) is 19.8 Å². The van der Waals surface area contributed by atoms with Gasteiger partial charge in [-0.05, 0) is 30.7 Å². The molecular weight excluding hydrogens is 313 g/mol. The second-order valence-electron chi connectivity index (χ2n) is 4.26. The van der Waals surface area contributed by atoms with Crippen molar-refractivity contribution in [3.63, 3.8) is 0 Å². The topological polar surface area (TPSA) is 30.5 Å². The van der Waals surface area contributed by atoms with Crippen LogP contribution in [-0.4, -0.2) is 39.5 Å². The maximum absolute atomic E-state index is 13.0. The summed E-state index contributed by atoms with van der Waals surface area (Å²) in [4.78, 5) is 0. The molecule has 0 saturated carbocycles. The molecule has 5 heteroatoms. The number of benzene rings is 1. The summed E-state index contributed by atoms with van der Waals surface area (Å²) in [7, 11) is 1.65. The predicted octanol–water partition coefficient (Wildman–Crippen LogP) is 2.77. The van der Waals surface area contributed by atoms with Crippen LogP contribution >= 0.6 is 15.9 Å². The lowest BCUT2D eigenvalue weighted by molar-refractivity contribution is 0.0589. The van der Waals surface area contributed by atoms with E-state index in [1.165, 1.54) is 12.1 Å². The molecule has 0 heterocycles. The minimum atomic E-state index is -0.230. The van der Waals surface area contributed by atoms with Crippen LogP contribution in [0.4, 0.5) is 4.39 Å². The fraction of sp³-hybridized carbons (Fsp3) is 0.571. The first kappa shape index (κ1) is 16.6. The molecule has 0 amide bonds. The van der Waals surface area contributed by atoms with E-state index in [0.717, 1.165) is 23.0 Å². The van der Waals surface area contributed by atoms with E-state index in [1.807, 2.05) is 0 Å². The largest absolute Gasteiger partial charge is 0.382 e. The molecule has 19 heavy (non-hydrogen) atoms. The van der Waals surface area contributed by atoms with Crippen molar-refractivity contribution in [3.8, 4) is 0 Å². The summed E-state index contributed by atoms with van der Waals surface area (Å²) >= 11 is 3.39. The molecule has 3 nitrogen and oxygen atoms in total. The van der Waals surface area contributed by atoms with E-state index < -0.39 is 0 Å². The van der Waals surface area contributed by atoms with Crippen molar-refractivity contribution >= 4 is 15.9 Å². The van der Waals surface area contributed by atoms with Crippen molar-refractivity contribution in [2.45, 2.75) is 19.4 Å². The first-order valence-corrected chi connectivity index (χ1v) is 7.20. The Kier molecular flexibility index (Phi) is 8.21. The monoisotopic (exact) mass is 333 g/mol. The zero-order chi connectivity index (χ0) is 14.1. The molecule has 1 rings (SSSR count). The molecule has 0 saturated heterocycles. The summed E-state index contributed by atoms with van der Waals surface area (Å²) in [6, 6.07) is 4.99. The maximum atomic E-state index is 13.0. The summed E-state index contributed by atoms with van der Waals surface area (Å²) in [5.41, 5.74) is 1.07. The van der Waals surface area contributed by atoms with Crippen LogP contribution in [0.1, 0.15) is 12.5 Å². The maximum Gasteiger partial charge on any atom is 0.124 e. The lowest BCUT2D eigenvalue weighted by Crippen LogP contribution is -2.35. The summed E-state index contributed by atoms with van der Waals surface area (Å²) in [6.45, 7) is 4.72. The number of halogens is 2. The van der Waals surface area contributed by atoms with Gasteiger partial charge in [0.2, 0.25) is 0 Å². The Morgan fingerprint density at radius 1 is 1.37 bits per heavy atom. The van der Waals surface area contributed by atoms with E-state index in [4.69, 9.17) is 9.47 Å². The third-order valence-corrected chi connectivity index (χ3v) is 3.46. The van der Waals surface area contributed by atoms with Gasteiger partial charge in [-0.15, -0.1) is 0 Å². The van der Waals surface area contributed by atoms with Crippen molar-refractivity contribution in [1.82, 2.24) is 5.32 Å². The van der Waals surface area contributed by atoms with E-state index in [9.17, 15) is 4.39 Å². The molecular formula is C14H21BrFNO2. The standard InChI is InChI=1S/C14H21BrFNO2/c1-3-17-13(10-19-7-6-18-2)8-11-4-5-12(16)9-14(11)15/h4-5,9,13,17H,3,6-8,10H2,1-2H3. The summed E-state index contributed by atoms with van der Waals surface area (Å²) in [5, 5.41) is 3.37. The van der Waals surface area contributed by atoms with Gasteiger partial charge in [-0.2, -0.15) is 0 Å². The van der Waals surface area contributed by atoms with Crippen molar-refractivity contribution in [2.24, 2.45) is 0 Å². The highest BCUT2D eigenvalue weighted by atomic mass is 79.9. The summed E-state index contributed by atoms with van der Waals surface area (Å²) < 4.78 is 24.3. The van der Waals surface area contributed by atoms with Crippen LogP contribution in [0.2, 0.25) is 0 Å². The van der Waals surface area contributed by atoms with E-state index >= 15 is 0 Å². The van der Waals surface area contributed by atoms with Gasteiger partial charge in [0, 0.05) is 17.6 Å². The molecule has 1 aromatic rings. The number of rotatable bonds is 9. The molecule has 0 aliphatic rings. The van der Waals surface area contributed by atoms with Gasteiger partial charge >= 0.3 is 0 Å². The zero-order valence-corrected chi connectivity index (χ0v) is 13.0. The number of hydrogen-bond acceptors (Lipinski definition) is 3. The number of ether oxygens (including phenoxy) is 2. The SMILES string of the molecule is CCNC(COCCOC)Cc1ccc(F)cc1Br. The highest BCUT2D eigenvalue weighted by Gasteiger charge is 2.11. The van der Waals surface area contributed by atoms with Gasteiger partial charge in [-0.1, -0.05) is 28.9 Å². The second kappa shape index (κ2) is 9.42. The first-order valence-electron chi connectivity index (χ1n) is 6.41. The highest BCUT2D eigenvalue weighted by molar-refractivity contribution is 9.10. The van der Waals surface area contributed by atoms with Gasteiger partial charge in [-0.3, -0.25) is 0 Å². The first-order chi connectivity index (χ1) is 9.17. The number of nitrogens with one attached hydrogen (secondary N) is 1. The average Bonchev–Trinajstić information content (AvgIpc) is 2.38. The summed E-state index contributed by atoms with van der Waals surface area (Å²) in [6.07, 6.45) is 0.793. The molecule has 0 aliphatic carbocycles. The molecule has 0 aliphatic heterocycles. The minimum Gasteiger partial charge on any atom is -0.382 e. The number of methoxy groups -OCH3 is 1. The molecule has 0 spiro atoms. The van der Waals surface area contributed by atoms with Crippen LogP contribution in [-0.2, 0) is 15.9 Å². The third-order valence-electron chi connectivity index (χ3n) is 2.73. The Morgan fingerprint density at radius 3 is 2.79 bits per heavy atom. The second-order valence-corrected chi connectivity index (χ2v) is 5.12. The normalized spacial score (nSPS) is 12.6. The van der Waals surface area contributed by atoms with Crippen LogP contribution in [0.5, 0.6) is 0 Å². The lowest BCUT2D eigenvalue weighted by atomic mass is 10.1. The number of hydrogen-bond donors (Lipinski definition) is 1. The molecule has 0 radical (unpaired) electrons. The lowest BCUT2D eigenvalue weighted by Gasteiger charge is -2.18. The minimum absolute atomic E-state index is 0.212. The Morgan fingerprint density at radius 2 is 2.16 bits per heavy atom. The average molecular weight is 334 g/mol. The quantitative estimate of drug-likeness (QED) is 0.705. The van der Waals surface area contributed by atoms with E-state index in [-0.39, 0.29) is 11.9 Å². The van der Waals surface area contributed by atoms with Crippen molar-refractivity contribution < 1.29 is 13.9 Å². The number of likely N-dealkylation sites (N-methyl/N-ethyl adjacent to an activating group) is 1. The molecule has 1 atom stereocenters. The van der Waals surface area contributed by atoms with E-state index in [1.54, 1.807) is 13.2 Å². The van der Waals surface area contributed by atoms with Crippen LogP contribution in [0.25, 0.3) is 0 Å². The zero-order valence-electron chi connectivity index (χ0n) is 11.4. The Labute approximate surface area is 122 Å². The van der Waals surface area contributed by atoms with E-state index in [2.05, 4.69) is 28.2 Å². The fourth-order valence-corrected chi connectivity index (χ4v) is 2.31. The van der Waals surface area contributed by atoms with Gasteiger partial charge < -0.3 is 14.8 Å².